The predicted molar refractivity (Wildman–Crippen MR) is 74.4 cm³/mol. The van der Waals surface area contributed by atoms with Gasteiger partial charge in [0.2, 0.25) is 0 Å². The van der Waals surface area contributed by atoms with Crippen LogP contribution in [-0.4, -0.2) is 0 Å². The van der Waals surface area contributed by atoms with Crippen LogP contribution in [0.2, 0.25) is 46.2 Å². The Hall–Kier alpha value is 0.519. The molecule has 0 aromatic heterocycles. The molecule has 10 saturated heterocycles. The average molecular weight is 298 g/mol. The number of fused-ring (bicyclic) bond motifs is 10. The van der Waals surface area contributed by atoms with Crippen LogP contribution in [0, 0.1) is 0 Å². The summed E-state index contributed by atoms with van der Waals surface area (Å²) in [5, 5.41) is 0. The van der Waals surface area contributed by atoms with E-state index < -0.39 is 6.51 Å². The molecule has 106 valence electrons. The van der Waals surface area contributed by atoms with E-state index in [-0.39, 0.29) is 0 Å². The first kappa shape index (κ1) is 8.23. The van der Waals surface area contributed by atoms with E-state index >= 15 is 0 Å². The summed E-state index contributed by atoms with van der Waals surface area (Å²) in [4.78, 5) is 8.84. The Morgan fingerprint density at radius 3 is 1.47 bits per heavy atom. The van der Waals surface area contributed by atoms with Crippen molar-refractivity contribution in [3.8, 4) is 0 Å². The maximum absolute atomic E-state index is 3.16. The second-order valence-electron chi connectivity index (χ2n) is 11.9. The van der Waals surface area contributed by atoms with Gasteiger partial charge in [0.05, 0.1) is 0 Å². The summed E-state index contributed by atoms with van der Waals surface area (Å²) < 4.78 is 4.43. The maximum atomic E-state index is 2.65. The van der Waals surface area contributed by atoms with E-state index in [9.17, 15) is 0 Å². The van der Waals surface area contributed by atoms with Crippen LogP contribution < -0.4 is 0 Å². The first-order valence-electron chi connectivity index (χ1n) is 9.16. The van der Waals surface area contributed by atoms with Gasteiger partial charge in [0.1, 0.15) is 0 Å². The van der Waals surface area contributed by atoms with E-state index in [1.807, 2.05) is 0 Å². The quantitative estimate of drug-likeness (QED) is 0.520. The predicted octanol–water partition coefficient (Wildman–Crippen LogP) is 6.50. The Bertz CT molecular complexity index is 1050. The van der Waals surface area contributed by atoms with E-state index in [1.54, 1.807) is 25.7 Å². The molecule has 10 heterocycles. The third kappa shape index (κ3) is 0.0711. The second kappa shape index (κ2) is 0.679. The Morgan fingerprint density at radius 2 is 1.21 bits per heavy atom. The zero-order chi connectivity index (χ0) is 12.6. The van der Waals surface area contributed by atoms with E-state index in [0.717, 1.165) is 17.3 Å². The van der Waals surface area contributed by atoms with Crippen LogP contribution in [-0.2, 0) is 6.51 Å². The van der Waals surface area contributed by atoms with Gasteiger partial charge >= 0.3 is 106 Å². The number of hydrogen-bond donors (Lipinski definition) is 0. The van der Waals surface area contributed by atoms with Crippen molar-refractivity contribution < 1.29 is 6.51 Å². The number of hydrogen-bond acceptors (Lipinski definition) is 0. The van der Waals surface area contributed by atoms with Crippen molar-refractivity contribution in [2.24, 2.45) is 0 Å². The van der Waals surface area contributed by atoms with Crippen LogP contribution in [0.1, 0.15) is 53.4 Å². The fourth-order valence-electron chi connectivity index (χ4n) is 23.3. The van der Waals surface area contributed by atoms with Crippen LogP contribution in [0.3, 0.4) is 0 Å². The zero-order valence-electron chi connectivity index (χ0n) is 12.6. The van der Waals surface area contributed by atoms with Crippen LogP contribution in [0.4, 0.5) is 0 Å². The molecular weight excluding hydrogens is 272 g/mol. The zero-order valence-corrected chi connectivity index (χ0v) is 13.8. The van der Waals surface area contributed by atoms with Crippen molar-refractivity contribution in [1.82, 2.24) is 0 Å². The van der Waals surface area contributed by atoms with Crippen molar-refractivity contribution >= 4 is 0 Å². The summed E-state index contributed by atoms with van der Waals surface area (Å²) in [5.74, 6) is 0. The van der Waals surface area contributed by atoms with Crippen molar-refractivity contribution in [2.45, 2.75) is 99.5 Å². The minimum atomic E-state index is -3.16. The van der Waals surface area contributed by atoms with Gasteiger partial charge in [0, 0.05) is 0 Å². The van der Waals surface area contributed by atoms with Gasteiger partial charge in [0.25, 0.3) is 0 Å². The standard InChI is InChI=1S/C11H17.C7H9.Fe/c1-4-9-7-8-10(5-2)11(9)6-3;1-2-7-5-3-4-6-7;/h7-8H,4-6H2,1-3H3;3-6H,2H2,1H3;. The molecule has 19 heavy (non-hydrogen) atoms. The van der Waals surface area contributed by atoms with Gasteiger partial charge in [-0.25, -0.2) is 0 Å². The van der Waals surface area contributed by atoms with Crippen LogP contribution >= 0.6 is 0 Å². The molecule has 0 amide bonds. The molecule has 10 aliphatic rings. The third-order valence-electron chi connectivity index (χ3n) is 18.5. The molecule has 0 aliphatic carbocycles. The molecule has 1 heteroatoms. The molecular formula is C18H26Fe. The molecule has 10 fully saturated rings. The summed E-state index contributed by atoms with van der Waals surface area (Å²) in [6.45, 7) is 7.42. The van der Waals surface area contributed by atoms with Gasteiger partial charge in [-0.15, -0.1) is 0 Å². The van der Waals surface area contributed by atoms with E-state index in [4.69, 9.17) is 0 Å². The summed E-state index contributed by atoms with van der Waals surface area (Å²) in [6, 6.07) is 0. The summed E-state index contributed by atoms with van der Waals surface area (Å²) in [7, 11) is 0. The average Bonchev–Trinajstić information content (AvgIpc) is 3.39. The molecule has 8 atom stereocenters. The molecule has 10 aliphatic heterocycles. The summed E-state index contributed by atoms with van der Waals surface area (Å²) >= 11 is 0. The summed E-state index contributed by atoms with van der Waals surface area (Å²) in [5.41, 5.74) is 0. The molecule has 0 aromatic rings. The van der Waals surface area contributed by atoms with Gasteiger partial charge in [-0.2, -0.15) is 0 Å². The first-order valence-corrected chi connectivity index (χ1v) is 15.2. The van der Waals surface area contributed by atoms with Crippen LogP contribution in [0.25, 0.3) is 0 Å². The normalized spacial score (nSPS) is 120. The summed E-state index contributed by atoms with van der Waals surface area (Å²) in [6.07, 6.45) is 6.61. The number of rotatable bonds is 4. The second-order valence-corrected chi connectivity index (χ2v) is 34.9. The van der Waals surface area contributed by atoms with Gasteiger partial charge in [-0.05, 0) is 0 Å². The van der Waals surface area contributed by atoms with Crippen LogP contribution in [0.15, 0.2) is 0 Å². The Kier molecular flexibility index (Phi) is 0.294. The molecule has 0 N–H and O–H groups in total. The molecule has 0 bridgehead atoms. The van der Waals surface area contributed by atoms with Gasteiger partial charge in [-0.1, -0.05) is 0 Å². The Morgan fingerprint density at radius 1 is 0.684 bits per heavy atom. The molecule has 10 rings (SSSR count). The SMILES string of the molecule is CC[C]12[CH]3[CH]4[CH]5[CH]1[Fe]45321678[CH]2[CH]1[C]6(CC)[C]7(CC)[C]28CC. The fourth-order valence-corrected chi connectivity index (χ4v) is 110. The monoisotopic (exact) mass is 298 g/mol. The molecule has 0 radical (unpaired) electrons. The minimum absolute atomic E-state index is 1.09. The van der Waals surface area contributed by atoms with Gasteiger partial charge in [-0.3, -0.25) is 0 Å². The van der Waals surface area contributed by atoms with E-state index in [2.05, 4.69) is 27.7 Å². The molecule has 1 spiro atoms. The Balaban J connectivity index is 1.72. The van der Waals surface area contributed by atoms with Crippen LogP contribution in [0.5, 0.6) is 0 Å². The first-order chi connectivity index (χ1) is 8.96. The molecule has 0 aromatic carbocycles. The molecule has 0 saturated carbocycles. The van der Waals surface area contributed by atoms with E-state index in [1.165, 1.54) is 28.9 Å². The third-order valence-corrected chi connectivity index (χ3v) is 65.2. The van der Waals surface area contributed by atoms with Crippen molar-refractivity contribution in [3.05, 3.63) is 0 Å². The van der Waals surface area contributed by atoms with Gasteiger partial charge < -0.3 is 0 Å². The Labute approximate surface area is 106 Å². The van der Waals surface area contributed by atoms with Gasteiger partial charge in [0.15, 0.2) is 0 Å². The van der Waals surface area contributed by atoms with Crippen molar-refractivity contribution in [1.29, 1.82) is 0 Å². The fraction of sp³-hybridized carbons (Fsp3) is 1.00. The van der Waals surface area contributed by atoms with Crippen molar-refractivity contribution in [3.63, 3.8) is 0 Å². The molecule has 8 unspecified atom stereocenters. The topological polar surface area (TPSA) is 0 Å². The van der Waals surface area contributed by atoms with E-state index in [0.29, 0.717) is 0 Å². The van der Waals surface area contributed by atoms with Crippen molar-refractivity contribution in [2.75, 3.05) is 0 Å². The molecule has 0 nitrogen and oxygen atoms in total.